The fourth-order valence-corrected chi connectivity index (χ4v) is 1.96. The lowest BCUT2D eigenvalue weighted by atomic mass is 10.2. The minimum Gasteiger partial charge on any atom is -0.367 e. The van der Waals surface area contributed by atoms with Crippen LogP contribution in [0.4, 0.5) is 5.82 Å². The molecule has 1 aliphatic heterocycles. The molecule has 1 aromatic rings. The van der Waals surface area contributed by atoms with Gasteiger partial charge in [-0.15, -0.1) is 0 Å². The lowest BCUT2D eigenvalue weighted by Gasteiger charge is -2.30. The van der Waals surface area contributed by atoms with Crippen molar-refractivity contribution < 1.29 is 14.3 Å². The zero-order chi connectivity index (χ0) is 14.5. The van der Waals surface area contributed by atoms with Crippen LogP contribution >= 0.6 is 0 Å². The number of ether oxygens (including phenoxy) is 1. The van der Waals surface area contributed by atoms with E-state index < -0.39 is 0 Å². The maximum absolute atomic E-state index is 11.7. The van der Waals surface area contributed by atoms with Crippen LogP contribution in [0.25, 0.3) is 0 Å². The first-order chi connectivity index (χ1) is 9.61. The van der Waals surface area contributed by atoms with Crippen molar-refractivity contribution in [1.82, 2.24) is 15.2 Å². The highest BCUT2D eigenvalue weighted by molar-refractivity contribution is 5.98. The van der Waals surface area contributed by atoms with E-state index in [-0.39, 0.29) is 24.5 Å². The van der Waals surface area contributed by atoms with Gasteiger partial charge in [0.15, 0.2) is 0 Å². The molecule has 1 aromatic heterocycles. The van der Waals surface area contributed by atoms with Crippen LogP contribution in [0.15, 0.2) is 18.3 Å². The second kappa shape index (κ2) is 6.33. The Bertz CT molecular complexity index is 506. The number of nitrogens with one attached hydrogen (secondary N) is 2. The standard InChI is InChI=1S/C13H18N4O3/c1-14-13(19)10-4-3-5-15-12(10)16-6-9-7-17(2)11(18)8-20-9/h3-5,9H,6-8H2,1-2H3,(H,14,19)(H,15,16). The normalized spacial score (nSPS) is 18.8. The number of anilines is 1. The van der Waals surface area contributed by atoms with Crippen molar-refractivity contribution in [3.63, 3.8) is 0 Å². The first kappa shape index (κ1) is 14.3. The molecule has 1 atom stereocenters. The van der Waals surface area contributed by atoms with Crippen LogP contribution in [0.5, 0.6) is 0 Å². The lowest BCUT2D eigenvalue weighted by molar-refractivity contribution is -0.145. The highest BCUT2D eigenvalue weighted by atomic mass is 16.5. The van der Waals surface area contributed by atoms with Gasteiger partial charge in [-0.3, -0.25) is 9.59 Å². The predicted octanol–water partition coefficient (Wildman–Crippen LogP) is -0.290. The molecule has 7 nitrogen and oxygen atoms in total. The Balaban J connectivity index is 1.97. The van der Waals surface area contributed by atoms with E-state index >= 15 is 0 Å². The molecule has 2 heterocycles. The number of likely N-dealkylation sites (N-methyl/N-ethyl adjacent to an activating group) is 1. The second-order valence-electron chi connectivity index (χ2n) is 4.57. The quantitative estimate of drug-likeness (QED) is 0.791. The summed E-state index contributed by atoms with van der Waals surface area (Å²) >= 11 is 0. The lowest BCUT2D eigenvalue weighted by Crippen LogP contribution is -2.46. The van der Waals surface area contributed by atoms with Crippen LogP contribution in [-0.4, -0.2) is 61.6 Å². The maximum Gasteiger partial charge on any atom is 0.254 e. The summed E-state index contributed by atoms with van der Waals surface area (Å²) in [5.41, 5.74) is 0.482. The summed E-state index contributed by atoms with van der Waals surface area (Å²) in [5.74, 6) is 0.289. The maximum atomic E-state index is 11.7. The Labute approximate surface area is 117 Å². The largest absolute Gasteiger partial charge is 0.367 e. The van der Waals surface area contributed by atoms with Crippen LogP contribution in [0.3, 0.4) is 0 Å². The van der Waals surface area contributed by atoms with E-state index in [1.165, 1.54) is 0 Å². The van der Waals surface area contributed by atoms with Crippen molar-refractivity contribution in [3.8, 4) is 0 Å². The first-order valence-corrected chi connectivity index (χ1v) is 6.38. The molecule has 0 aromatic carbocycles. The first-order valence-electron chi connectivity index (χ1n) is 6.38. The fourth-order valence-electron chi connectivity index (χ4n) is 1.96. The molecule has 20 heavy (non-hydrogen) atoms. The number of nitrogens with zero attached hydrogens (tertiary/aromatic N) is 2. The minimum absolute atomic E-state index is 0.0230. The van der Waals surface area contributed by atoms with Gasteiger partial charge in [0.1, 0.15) is 12.4 Å². The molecule has 1 aliphatic rings. The average molecular weight is 278 g/mol. The third-order valence-electron chi connectivity index (χ3n) is 3.12. The molecule has 1 unspecified atom stereocenters. The third kappa shape index (κ3) is 3.24. The Hall–Kier alpha value is -2.15. The molecular formula is C13H18N4O3. The van der Waals surface area contributed by atoms with E-state index in [4.69, 9.17) is 4.74 Å². The van der Waals surface area contributed by atoms with Gasteiger partial charge >= 0.3 is 0 Å². The Morgan fingerprint density at radius 3 is 3.10 bits per heavy atom. The highest BCUT2D eigenvalue weighted by Gasteiger charge is 2.23. The van der Waals surface area contributed by atoms with E-state index in [1.807, 2.05) is 0 Å². The van der Waals surface area contributed by atoms with E-state index in [2.05, 4.69) is 15.6 Å². The summed E-state index contributed by atoms with van der Waals surface area (Å²) in [6, 6.07) is 3.41. The number of carbonyl (C=O) groups excluding carboxylic acids is 2. The summed E-state index contributed by atoms with van der Waals surface area (Å²) in [5, 5.41) is 5.67. The number of amides is 2. The smallest absolute Gasteiger partial charge is 0.254 e. The Kier molecular flexibility index (Phi) is 4.52. The minimum atomic E-state index is -0.197. The van der Waals surface area contributed by atoms with Crippen LogP contribution in [-0.2, 0) is 9.53 Å². The second-order valence-corrected chi connectivity index (χ2v) is 4.57. The molecule has 0 radical (unpaired) electrons. The molecule has 7 heteroatoms. The molecular weight excluding hydrogens is 260 g/mol. The Morgan fingerprint density at radius 2 is 2.40 bits per heavy atom. The van der Waals surface area contributed by atoms with Crippen molar-refractivity contribution in [2.75, 3.05) is 39.1 Å². The Morgan fingerprint density at radius 1 is 1.60 bits per heavy atom. The zero-order valence-corrected chi connectivity index (χ0v) is 11.5. The summed E-state index contributed by atoms with van der Waals surface area (Å²) < 4.78 is 5.43. The van der Waals surface area contributed by atoms with Crippen LogP contribution < -0.4 is 10.6 Å². The number of hydrogen-bond acceptors (Lipinski definition) is 5. The zero-order valence-electron chi connectivity index (χ0n) is 11.5. The van der Waals surface area contributed by atoms with Gasteiger partial charge in [0.2, 0.25) is 5.91 Å². The van der Waals surface area contributed by atoms with Gasteiger partial charge in [0, 0.05) is 33.4 Å². The van der Waals surface area contributed by atoms with Crippen LogP contribution in [0.2, 0.25) is 0 Å². The number of pyridine rings is 1. The molecule has 0 bridgehead atoms. The van der Waals surface area contributed by atoms with Crippen molar-refractivity contribution in [2.45, 2.75) is 6.10 Å². The van der Waals surface area contributed by atoms with Gasteiger partial charge in [-0.25, -0.2) is 4.98 Å². The molecule has 2 amide bonds. The molecule has 0 spiro atoms. The third-order valence-corrected chi connectivity index (χ3v) is 3.12. The number of morpholine rings is 1. The summed E-state index contributed by atoms with van der Waals surface area (Å²) in [6.07, 6.45) is 1.50. The number of aromatic nitrogens is 1. The molecule has 2 rings (SSSR count). The van der Waals surface area contributed by atoms with Crippen LogP contribution in [0.1, 0.15) is 10.4 Å². The van der Waals surface area contributed by atoms with Gasteiger partial charge in [0.25, 0.3) is 5.91 Å². The van der Waals surface area contributed by atoms with Crippen molar-refractivity contribution in [1.29, 1.82) is 0 Å². The molecule has 1 fully saturated rings. The number of hydrogen-bond donors (Lipinski definition) is 2. The van der Waals surface area contributed by atoms with Gasteiger partial charge in [-0.1, -0.05) is 0 Å². The number of carbonyl (C=O) groups is 2. The van der Waals surface area contributed by atoms with Crippen LogP contribution in [0, 0.1) is 0 Å². The van der Waals surface area contributed by atoms with Gasteiger partial charge in [0.05, 0.1) is 11.7 Å². The van der Waals surface area contributed by atoms with Crippen molar-refractivity contribution in [3.05, 3.63) is 23.9 Å². The average Bonchev–Trinajstić information content (AvgIpc) is 2.48. The van der Waals surface area contributed by atoms with E-state index in [9.17, 15) is 9.59 Å². The van der Waals surface area contributed by atoms with Crippen molar-refractivity contribution in [2.24, 2.45) is 0 Å². The van der Waals surface area contributed by atoms with Gasteiger partial charge < -0.3 is 20.3 Å². The summed E-state index contributed by atoms with van der Waals surface area (Å²) in [6.45, 7) is 1.10. The van der Waals surface area contributed by atoms with Gasteiger partial charge in [-0.05, 0) is 12.1 Å². The molecule has 2 N–H and O–H groups in total. The van der Waals surface area contributed by atoms with E-state index in [0.29, 0.717) is 24.5 Å². The highest BCUT2D eigenvalue weighted by Crippen LogP contribution is 2.12. The fraction of sp³-hybridized carbons (Fsp3) is 0.462. The number of rotatable bonds is 4. The van der Waals surface area contributed by atoms with Gasteiger partial charge in [-0.2, -0.15) is 0 Å². The molecule has 0 saturated carbocycles. The summed E-state index contributed by atoms with van der Waals surface area (Å²) in [7, 11) is 3.32. The SMILES string of the molecule is CNC(=O)c1cccnc1NCC1CN(C)C(=O)CO1. The molecule has 0 aliphatic carbocycles. The topological polar surface area (TPSA) is 83.6 Å². The van der Waals surface area contributed by atoms with E-state index in [1.54, 1.807) is 37.3 Å². The van der Waals surface area contributed by atoms with E-state index in [0.717, 1.165) is 0 Å². The molecule has 108 valence electrons. The predicted molar refractivity (Wildman–Crippen MR) is 73.5 cm³/mol. The monoisotopic (exact) mass is 278 g/mol. The van der Waals surface area contributed by atoms with Crippen molar-refractivity contribution >= 4 is 17.6 Å². The molecule has 1 saturated heterocycles. The summed E-state index contributed by atoms with van der Waals surface area (Å²) in [4.78, 5) is 28.8.